The lowest BCUT2D eigenvalue weighted by atomic mass is 9.98. The Balaban J connectivity index is 2.00. The predicted molar refractivity (Wildman–Crippen MR) is 70.7 cm³/mol. The summed E-state index contributed by atoms with van der Waals surface area (Å²) in [6.45, 7) is -0.523. The molecular formula is C14H17F3N2O2. The van der Waals surface area contributed by atoms with Crippen LogP contribution in [0, 0.1) is 0 Å². The molecule has 0 bridgehead atoms. The van der Waals surface area contributed by atoms with Gasteiger partial charge >= 0.3 is 6.18 Å². The largest absolute Gasteiger partial charge is 0.484 e. The van der Waals surface area contributed by atoms with E-state index in [0.29, 0.717) is 5.75 Å². The van der Waals surface area contributed by atoms with E-state index in [2.05, 4.69) is 0 Å². The summed E-state index contributed by atoms with van der Waals surface area (Å²) in [5, 5.41) is 0. The molecule has 2 rings (SSSR count). The molecule has 0 aliphatic carbocycles. The minimum Gasteiger partial charge on any atom is -0.484 e. The van der Waals surface area contributed by atoms with Gasteiger partial charge in [-0.1, -0.05) is 18.2 Å². The maximum Gasteiger partial charge on any atom is 0.408 e. The number of benzene rings is 1. The van der Waals surface area contributed by atoms with Gasteiger partial charge in [0, 0.05) is 12.6 Å². The Morgan fingerprint density at radius 2 is 1.95 bits per heavy atom. The van der Waals surface area contributed by atoms with E-state index in [1.807, 2.05) is 0 Å². The number of carbonyl (C=O) groups is 1. The van der Waals surface area contributed by atoms with Crippen LogP contribution in [0.2, 0.25) is 0 Å². The van der Waals surface area contributed by atoms with Crippen molar-refractivity contribution in [2.75, 3.05) is 13.2 Å². The number of ether oxygens (including phenoxy) is 1. The SMILES string of the molecule is NC1CCC(C(F)(F)F)N(C(=O)COc2ccccc2)C1. The lowest BCUT2D eigenvalue weighted by molar-refractivity contribution is -0.197. The Hall–Kier alpha value is -1.76. The van der Waals surface area contributed by atoms with Gasteiger partial charge in [0.15, 0.2) is 6.61 Å². The van der Waals surface area contributed by atoms with E-state index in [4.69, 9.17) is 10.5 Å². The van der Waals surface area contributed by atoms with Gasteiger partial charge in [0.1, 0.15) is 11.8 Å². The number of alkyl halides is 3. The van der Waals surface area contributed by atoms with Crippen molar-refractivity contribution >= 4 is 5.91 Å². The molecule has 1 aliphatic rings. The van der Waals surface area contributed by atoms with Gasteiger partial charge in [-0.25, -0.2) is 0 Å². The van der Waals surface area contributed by atoms with Gasteiger partial charge < -0.3 is 15.4 Å². The number of rotatable bonds is 3. The van der Waals surface area contributed by atoms with Crippen LogP contribution in [0.15, 0.2) is 30.3 Å². The van der Waals surface area contributed by atoms with Gasteiger partial charge in [0.2, 0.25) is 0 Å². The third kappa shape index (κ3) is 4.10. The quantitative estimate of drug-likeness (QED) is 0.928. The maximum atomic E-state index is 13.0. The number of para-hydroxylation sites is 1. The normalized spacial score (nSPS) is 23.0. The monoisotopic (exact) mass is 302 g/mol. The molecule has 1 aromatic carbocycles. The second-order valence-electron chi connectivity index (χ2n) is 5.04. The molecule has 1 amide bonds. The van der Waals surface area contributed by atoms with Crippen LogP contribution in [0.4, 0.5) is 13.2 Å². The molecule has 21 heavy (non-hydrogen) atoms. The van der Waals surface area contributed by atoms with E-state index >= 15 is 0 Å². The molecule has 0 radical (unpaired) electrons. The molecule has 4 nitrogen and oxygen atoms in total. The summed E-state index contributed by atoms with van der Waals surface area (Å²) >= 11 is 0. The minimum absolute atomic E-state index is 0.0961. The summed E-state index contributed by atoms with van der Waals surface area (Å²) in [4.78, 5) is 12.8. The fourth-order valence-electron chi connectivity index (χ4n) is 2.36. The zero-order valence-corrected chi connectivity index (χ0v) is 11.3. The molecule has 2 unspecified atom stereocenters. The van der Waals surface area contributed by atoms with Crippen molar-refractivity contribution in [3.8, 4) is 5.75 Å². The molecule has 1 saturated heterocycles. The van der Waals surface area contributed by atoms with Gasteiger partial charge in [-0.2, -0.15) is 13.2 Å². The second-order valence-corrected chi connectivity index (χ2v) is 5.04. The number of hydrogen-bond donors (Lipinski definition) is 1. The first-order valence-electron chi connectivity index (χ1n) is 6.67. The molecule has 0 aromatic heterocycles. The van der Waals surface area contributed by atoms with E-state index < -0.39 is 30.8 Å². The Labute approximate surface area is 120 Å². The summed E-state index contributed by atoms with van der Waals surface area (Å²) in [5.74, 6) is -0.257. The second kappa shape index (κ2) is 6.34. The summed E-state index contributed by atoms with van der Waals surface area (Å²) in [6.07, 6.45) is -4.35. The zero-order chi connectivity index (χ0) is 15.5. The number of halogens is 3. The van der Waals surface area contributed by atoms with Crippen LogP contribution in [0.25, 0.3) is 0 Å². The maximum absolute atomic E-state index is 13.0. The number of hydrogen-bond acceptors (Lipinski definition) is 3. The average Bonchev–Trinajstić information content (AvgIpc) is 2.44. The van der Waals surface area contributed by atoms with Crippen molar-refractivity contribution < 1.29 is 22.7 Å². The van der Waals surface area contributed by atoms with Gasteiger partial charge in [0.05, 0.1) is 0 Å². The number of likely N-dealkylation sites (tertiary alicyclic amines) is 1. The Bertz CT molecular complexity index is 479. The van der Waals surface area contributed by atoms with E-state index in [1.165, 1.54) is 0 Å². The first-order chi connectivity index (χ1) is 9.88. The lowest BCUT2D eigenvalue weighted by Gasteiger charge is -2.39. The molecule has 1 heterocycles. The molecule has 116 valence electrons. The van der Waals surface area contributed by atoms with Gasteiger partial charge in [-0.15, -0.1) is 0 Å². The highest BCUT2D eigenvalue weighted by molar-refractivity contribution is 5.78. The van der Waals surface area contributed by atoms with Crippen molar-refractivity contribution in [3.05, 3.63) is 30.3 Å². The third-order valence-electron chi connectivity index (χ3n) is 3.42. The Morgan fingerprint density at radius 1 is 1.29 bits per heavy atom. The van der Waals surface area contributed by atoms with Crippen LogP contribution in [0.1, 0.15) is 12.8 Å². The molecule has 2 N–H and O–H groups in total. The lowest BCUT2D eigenvalue weighted by Crippen LogP contribution is -2.57. The third-order valence-corrected chi connectivity index (χ3v) is 3.42. The highest BCUT2D eigenvalue weighted by atomic mass is 19.4. The van der Waals surface area contributed by atoms with Crippen LogP contribution in [-0.4, -0.2) is 42.2 Å². The molecule has 1 aromatic rings. The van der Waals surface area contributed by atoms with Crippen molar-refractivity contribution in [1.29, 1.82) is 0 Å². The minimum atomic E-state index is -4.44. The molecular weight excluding hydrogens is 285 g/mol. The molecule has 1 fully saturated rings. The van der Waals surface area contributed by atoms with Crippen molar-refractivity contribution in [3.63, 3.8) is 0 Å². The fraction of sp³-hybridized carbons (Fsp3) is 0.500. The summed E-state index contributed by atoms with van der Waals surface area (Å²) in [5.41, 5.74) is 5.67. The standard InChI is InChI=1S/C14H17F3N2O2/c15-14(16,17)12-7-6-10(18)8-19(12)13(20)9-21-11-4-2-1-3-5-11/h1-5,10,12H,6-9,18H2. The Morgan fingerprint density at radius 3 is 2.57 bits per heavy atom. The zero-order valence-electron chi connectivity index (χ0n) is 11.3. The van der Waals surface area contributed by atoms with Crippen LogP contribution < -0.4 is 10.5 Å². The molecule has 7 heteroatoms. The molecule has 2 atom stereocenters. The number of nitrogens with zero attached hydrogens (tertiary/aromatic N) is 1. The van der Waals surface area contributed by atoms with Crippen molar-refractivity contribution in [1.82, 2.24) is 4.90 Å². The van der Waals surface area contributed by atoms with E-state index in [-0.39, 0.29) is 19.4 Å². The van der Waals surface area contributed by atoms with Gasteiger partial charge in [0.25, 0.3) is 5.91 Å². The number of amides is 1. The highest BCUT2D eigenvalue weighted by Crippen LogP contribution is 2.31. The van der Waals surface area contributed by atoms with E-state index in [9.17, 15) is 18.0 Å². The van der Waals surface area contributed by atoms with Crippen molar-refractivity contribution in [2.24, 2.45) is 5.73 Å². The van der Waals surface area contributed by atoms with Crippen LogP contribution in [0.3, 0.4) is 0 Å². The van der Waals surface area contributed by atoms with E-state index in [1.54, 1.807) is 30.3 Å². The van der Waals surface area contributed by atoms with Crippen molar-refractivity contribution in [2.45, 2.75) is 31.1 Å². The average molecular weight is 302 g/mol. The number of carbonyl (C=O) groups excluding carboxylic acids is 1. The first-order valence-corrected chi connectivity index (χ1v) is 6.67. The van der Waals surface area contributed by atoms with Gasteiger partial charge in [-0.05, 0) is 25.0 Å². The first kappa shape index (κ1) is 15.6. The van der Waals surface area contributed by atoms with E-state index in [0.717, 1.165) is 4.90 Å². The number of nitrogens with two attached hydrogens (primary N) is 1. The van der Waals surface area contributed by atoms with Crippen LogP contribution in [-0.2, 0) is 4.79 Å². The van der Waals surface area contributed by atoms with Crippen LogP contribution in [0.5, 0.6) is 5.75 Å². The number of piperidine rings is 1. The van der Waals surface area contributed by atoms with Gasteiger partial charge in [-0.3, -0.25) is 4.79 Å². The topological polar surface area (TPSA) is 55.6 Å². The smallest absolute Gasteiger partial charge is 0.408 e. The molecule has 0 spiro atoms. The Kier molecular flexibility index (Phi) is 4.72. The predicted octanol–water partition coefficient (Wildman–Crippen LogP) is 1.95. The fourth-order valence-corrected chi connectivity index (χ4v) is 2.36. The summed E-state index contributed by atoms with van der Waals surface area (Å²) < 4.78 is 44.1. The van der Waals surface area contributed by atoms with Crippen LogP contribution >= 0.6 is 0 Å². The summed E-state index contributed by atoms with van der Waals surface area (Å²) in [7, 11) is 0. The molecule has 0 saturated carbocycles. The molecule has 1 aliphatic heterocycles. The summed E-state index contributed by atoms with van der Waals surface area (Å²) in [6, 6.07) is 6.28. The highest BCUT2D eigenvalue weighted by Gasteiger charge is 2.47.